The summed E-state index contributed by atoms with van der Waals surface area (Å²) in [7, 11) is 0. The molecule has 1 N–H and O–H groups in total. The molecule has 5 rings (SSSR count). The molecule has 164 valence electrons. The van der Waals surface area contributed by atoms with Crippen molar-refractivity contribution in [1.29, 1.82) is 0 Å². The highest BCUT2D eigenvalue weighted by atomic mass is 19.4. The van der Waals surface area contributed by atoms with Crippen molar-refractivity contribution in [3.05, 3.63) is 102 Å². The first-order valence-electron chi connectivity index (χ1n) is 10.8. The van der Waals surface area contributed by atoms with Crippen molar-refractivity contribution in [2.24, 2.45) is 0 Å². The summed E-state index contributed by atoms with van der Waals surface area (Å²) in [4.78, 5) is 7.99. The number of aromatic amines is 1. The van der Waals surface area contributed by atoms with E-state index in [9.17, 15) is 13.2 Å². The minimum absolute atomic E-state index is 0.177. The molecule has 1 fully saturated rings. The van der Waals surface area contributed by atoms with Crippen molar-refractivity contribution >= 4 is 16.7 Å². The number of benzene rings is 3. The Balaban J connectivity index is 1.36. The molecule has 1 aliphatic heterocycles. The van der Waals surface area contributed by atoms with Gasteiger partial charge in [0, 0.05) is 37.1 Å². The van der Waals surface area contributed by atoms with Crippen molar-refractivity contribution in [3.8, 4) is 0 Å². The average Bonchev–Trinajstić information content (AvgIpc) is 3.24. The van der Waals surface area contributed by atoms with Gasteiger partial charge >= 0.3 is 6.18 Å². The van der Waals surface area contributed by atoms with Gasteiger partial charge in [-0.2, -0.15) is 13.2 Å². The molecule has 0 radical (unpaired) electrons. The van der Waals surface area contributed by atoms with Crippen LogP contribution in [0.15, 0.2) is 84.9 Å². The van der Waals surface area contributed by atoms with Crippen molar-refractivity contribution in [1.82, 2.24) is 9.88 Å². The fourth-order valence-electron chi connectivity index (χ4n) is 4.57. The summed E-state index contributed by atoms with van der Waals surface area (Å²) in [5.41, 5.74) is 2.63. The minimum atomic E-state index is -4.33. The highest BCUT2D eigenvalue weighted by Crippen LogP contribution is 2.34. The summed E-state index contributed by atoms with van der Waals surface area (Å²) >= 11 is 0. The maximum Gasteiger partial charge on any atom is 0.416 e. The van der Waals surface area contributed by atoms with Gasteiger partial charge in [-0.1, -0.05) is 60.7 Å². The van der Waals surface area contributed by atoms with Crippen LogP contribution in [0.5, 0.6) is 0 Å². The Labute approximate surface area is 185 Å². The lowest BCUT2D eigenvalue weighted by atomic mass is 9.96. The summed E-state index contributed by atoms with van der Waals surface area (Å²) in [6, 6.07) is 26.9. The molecule has 3 nitrogen and oxygen atoms in total. The fourth-order valence-corrected chi connectivity index (χ4v) is 4.57. The van der Waals surface area contributed by atoms with Crippen molar-refractivity contribution in [2.45, 2.75) is 12.2 Å². The molecule has 3 aromatic carbocycles. The predicted octanol–water partition coefficient (Wildman–Crippen LogP) is 6.10. The highest BCUT2D eigenvalue weighted by Gasteiger charge is 2.31. The molecule has 0 saturated carbocycles. The Morgan fingerprint density at radius 3 is 1.88 bits per heavy atom. The molecule has 0 amide bonds. The number of nitrogens with zero attached hydrogens (tertiary/aromatic N) is 2. The minimum Gasteiger partial charge on any atom is -0.356 e. The number of piperazine rings is 1. The monoisotopic (exact) mass is 435 g/mol. The zero-order valence-electron chi connectivity index (χ0n) is 17.5. The van der Waals surface area contributed by atoms with Crippen LogP contribution < -0.4 is 4.90 Å². The summed E-state index contributed by atoms with van der Waals surface area (Å²) in [6.07, 6.45) is -4.33. The maximum atomic E-state index is 13.0. The lowest BCUT2D eigenvalue weighted by molar-refractivity contribution is -0.137. The van der Waals surface area contributed by atoms with Gasteiger partial charge in [-0.3, -0.25) is 4.90 Å². The van der Waals surface area contributed by atoms with Crippen molar-refractivity contribution < 1.29 is 13.2 Å². The number of anilines is 1. The van der Waals surface area contributed by atoms with E-state index in [1.807, 2.05) is 18.2 Å². The Hall–Kier alpha value is -3.25. The summed E-state index contributed by atoms with van der Waals surface area (Å²) in [6.45, 7) is 3.32. The first-order valence-corrected chi connectivity index (χ1v) is 10.8. The third-order valence-corrected chi connectivity index (χ3v) is 6.18. The van der Waals surface area contributed by atoms with Crippen LogP contribution in [0.3, 0.4) is 0 Å². The number of alkyl halides is 3. The molecule has 32 heavy (non-hydrogen) atoms. The molecule has 2 heterocycles. The largest absolute Gasteiger partial charge is 0.416 e. The summed E-state index contributed by atoms with van der Waals surface area (Å²) in [5, 5.41) is 0.587. The molecule has 1 saturated heterocycles. The van der Waals surface area contributed by atoms with Crippen molar-refractivity contribution in [3.63, 3.8) is 0 Å². The molecule has 1 aliphatic rings. The van der Waals surface area contributed by atoms with Gasteiger partial charge in [0.2, 0.25) is 0 Å². The van der Waals surface area contributed by atoms with E-state index in [4.69, 9.17) is 0 Å². The second kappa shape index (κ2) is 8.36. The molecule has 1 aromatic heterocycles. The first kappa shape index (κ1) is 20.6. The predicted molar refractivity (Wildman–Crippen MR) is 122 cm³/mol. The number of fused-ring (bicyclic) bond motifs is 1. The quantitative estimate of drug-likeness (QED) is 0.419. The lowest BCUT2D eigenvalue weighted by Gasteiger charge is -2.40. The molecule has 6 heteroatoms. The van der Waals surface area contributed by atoms with Crippen LogP contribution in [-0.4, -0.2) is 36.1 Å². The van der Waals surface area contributed by atoms with Crippen molar-refractivity contribution in [2.75, 3.05) is 31.1 Å². The molecule has 0 bridgehead atoms. The molecule has 4 aromatic rings. The van der Waals surface area contributed by atoms with Crippen LogP contribution in [-0.2, 0) is 6.18 Å². The van der Waals surface area contributed by atoms with Crippen LogP contribution in [0.1, 0.15) is 22.7 Å². The molecule has 0 aliphatic carbocycles. The average molecular weight is 435 g/mol. The lowest BCUT2D eigenvalue weighted by Crippen LogP contribution is -2.48. The normalized spacial score (nSPS) is 15.6. The van der Waals surface area contributed by atoms with Gasteiger partial charge in [0.25, 0.3) is 0 Å². The van der Waals surface area contributed by atoms with E-state index < -0.39 is 11.7 Å². The number of aromatic nitrogens is 1. The number of hydrogen-bond acceptors (Lipinski definition) is 2. The van der Waals surface area contributed by atoms with E-state index in [1.54, 1.807) is 0 Å². The van der Waals surface area contributed by atoms with E-state index in [0.717, 1.165) is 43.6 Å². The van der Waals surface area contributed by atoms with E-state index in [1.165, 1.54) is 23.3 Å². The summed E-state index contributed by atoms with van der Waals surface area (Å²) in [5.74, 6) is 0.870. The maximum absolute atomic E-state index is 13.0. The van der Waals surface area contributed by atoms with Crippen LogP contribution in [0, 0.1) is 0 Å². The fraction of sp³-hybridized carbons (Fsp3) is 0.231. The standard InChI is InChI=1S/C26H24F3N3/c27-26(28,29)22-11-12-23-21(17-22)18-24(30-23)31-13-15-32(16-14-31)25(19-7-3-1-4-8-19)20-9-5-2-6-10-20/h1-12,17-18,25,30H,13-16H2. The molecule has 0 atom stereocenters. The number of nitrogens with one attached hydrogen (secondary N) is 1. The highest BCUT2D eigenvalue weighted by molar-refractivity contribution is 5.84. The van der Waals surface area contributed by atoms with Gasteiger partial charge in [0.15, 0.2) is 0 Å². The van der Waals surface area contributed by atoms with E-state index >= 15 is 0 Å². The molecular weight excluding hydrogens is 411 g/mol. The molecule has 0 spiro atoms. The van der Waals surface area contributed by atoms with E-state index in [2.05, 4.69) is 63.3 Å². The van der Waals surface area contributed by atoms with Gasteiger partial charge in [0.05, 0.1) is 11.6 Å². The number of rotatable bonds is 4. The van der Waals surface area contributed by atoms with Gasteiger partial charge in [-0.25, -0.2) is 0 Å². The van der Waals surface area contributed by atoms with Gasteiger partial charge in [-0.15, -0.1) is 0 Å². The Kier molecular flexibility index (Phi) is 5.39. The van der Waals surface area contributed by atoms with Crippen LogP contribution in [0.2, 0.25) is 0 Å². The van der Waals surface area contributed by atoms with Crippen LogP contribution >= 0.6 is 0 Å². The van der Waals surface area contributed by atoms with Crippen LogP contribution in [0.25, 0.3) is 10.9 Å². The first-order chi connectivity index (χ1) is 15.5. The van der Waals surface area contributed by atoms with Gasteiger partial charge in [0.1, 0.15) is 5.82 Å². The van der Waals surface area contributed by atoms with E-state index in [-0.39, 0.29) is 6.04 Å². The Bertz CT molecular complexity index is 1140. The second-order valence-electron chi connectivity index (χ2n) is 8.20. The van der Waals surface area contributed by atoms with E-state index in [0.29, 0.717) is 5.39 Å². The third-order valence-electron chi connectivity index (χ3n) is 6.18. The number of hydrogen-bond donors (Lipinski definition) is 1. The van der Waals surface area contributed by atoms with Gasteiger partial charge in [-0.05, 0) is 35.4 Å². The zero-order valence-corrected chi connectivity index (χ0v) is 17.5. The smallest absolute Gasteiger partial charge is 0.356 e. The second-order valence-corrected chi connectivity index (χ2v) is 8.20. The molecular formula is C26H24F3N3. The molecule has 0 unspecified atom stereocenters. The zero-order chi connectivity index (χ0) is 22.1. The Morgan fingerprint density at radius 2 is 1.31 bits per heavy atom. The number of halogens is 3. The third kappa shape index (κ3) is 4.10. The van der Waals surface area contributed by atoms with Crippen LogP contribution in [0.4, 0.5) is 19.0 Å². The Morgan fingerprint density at radius 1 is 0.719 bits per heavy atom. The SMILES string of the molecule is FC(F)(F)c1ccc2[nH]c(N3CCN(C(c4ccccc4)c4ccccc4)CC3)cc2c1. The topological polar surface area (TPSA) is 22.3 Å². The summed E-state index contributed by atoms with van der Waals surface area (Å²) < 4.78 is 39.1. The number of H-pyrrole nitrogens is 1. The van der Waals surface area contributed by atoms with Gasteiger partial charge < -0.3 is 9.88 Å².